The second kappa shape index (κ2) is 12.4. The number of likely N-dealkylation sites (tertiary alicyclic amines) is 2. The van der Waals surface area contributed by atoms with Crippen molar-refractivity contribution in [2.45, 2.75) is 56.2 Å². The Balaban J connectivity index is 0.958. The van der Waals surface area contributed by atoms with Crippen molar-refractivity contribution in [3.8, 4) is 10.4 Å². The average Bonchev–Trinajstić information content (AvgIpc) is 3.44. The normalized spacial score (nSPS) is 21.1. The second-order valence-electron chi connectivity index (χ2n) is 13.4. The van der Waals surface area contributed by atoms with Crippen LogP contribution in [0.2, 0.25) is 0 Å². The fourth-order valence-corrected chi connectivity index (χ4v) is 9.09. The van der Waals surface area contributed by atoms with E-state index in [4.69, 9.17) is 0 Å². The van der Waals surface area contributed by atoms with Gasteiger partial charge < -0.3 is 19.5 Å². The van der Waals surface area contributed by atoms with E-state index in [0.29, 0.717) is 62.5 Å². The molecule has 48 heavy (non-hydrogen) atoms. The summed E-state index contributed by atoms with van der Waals surface area (Å²) in [5.41, 5.74) is 1.25. The molecule has 2 saturated heterocycles. The quantitative estimate of drug-likeness (QED) is 0.235. The summed E-state index contributed by atoms with van der Waals surface area (Å²) in [5, 5.41) is 16.0. The molecule has 4 aromatic heterocycles. The van der Waals surface area contributed by atoms with Crippen molar-refractivity contribution in [3.63, 3.8) is 0 Å². The molecule has 1 saturated carbocycles. The van der Waals surface area contributed by atoms with Gasteiger partial charge in [-0.3, -0.25) is 19.0 Å². The van der Waals surface area contributed by atoms with E-state index in [9.17, 15) is 19.5 Å². The van der Waals surface area contributed by atoms with E-state index in [1.807, 2.05) is 64.3 Å². The first kappa shape index (κ1) is 31.2. The Kier molecular flexibility index (Phi) is 8.05. The number of carbonyl (C=O) groups is 2. The van der Waals surface area contributed by atoms with Crippen LogP contribution in [0.1, 0.15) is 59.3 Å². The summed E-state index contributed by atoms with van der Waals surface area (Å²) in [4.78, 5) is 49.9. The third kappa shape index (κ3) is 5.79. The van der Waals surface area contributed by atoms with Gasteiger partial charge in [-0.05, 0) is 66.6 Å². The molecule has 248 valence electrons. The molecule has 2 amide bonds. The average molecular weight is 686 g/mol. The zero-order valence-corrected chi connectivity index (χ0v) is 28.0. The predicted molar refractivity (Wildman–Crippen MR) is 184 cm³/mol. The summed E-state index contributed by atoms with van der Waals surface area (Å²) in [6, 6.07) is 15.3. The van der Waals surface area contributed by atoms with Gasteiger partial charge in [-0.2, -0.15) is 11.3 Å². The molecule has 0 unspecified atom stereocenters. The number of aliphatic hydroxyl groups is 1. The number of rotatable bonds is 7. The maximum Gasteiger partial charge on any atom is 0.266 e. The van der Waals surface area contributed by atoms with Gasteiger partial charge in [-0.1, -0.05) is 30.3 Å². The molecule has 5 aromatic rings. The van der Waals surface area contributed by atoms with Gasteiger partial charge in [-0.15, -0.1) is 11.3 Å². The highest BCUT2D eigenvalue weighted by atomic mass is 32.1. The van der Waals surface area contributed by atoms with E-state index in [1.54, 1.807) is 4.90 Å². The predicted octanol–water partition coefficient (Wildman–Crippen LogP) is 5.76. The summed E-state index contributed by atoms with van der Waals surface area (Å²) in [7, 11) is 0. The lowest BCUT2D eigenvalue weighted by Crippen LogP contribution is -2.53. The maximum absolute atomic E-state index is 15.1. The van der Waals surface area contributed by atoms with Gasteiger partial charge in [0.2, 0.25) is 5.91 Å². The zero-order valence-electron chi connectivity index (χ0n) is 26.3. The van der Waals surface area contributed by atoms with Crippen molar-refractivity contribution in [1.29, 1.82) is 0 Å². The van der Waals surface area contributed by atoms with Gasteiger partial charge in [-0.25, -0.2) is 9.37 Å². The van der Waals surface area contributed by atoms with Gasteiger partial charge in [0, 0.05) is 60.7 Å². The molecule has 9 nitrogen and oxygen atoms in total. The van der Waals surface area contributed by atoms with Gasteiger partial charge in [0.25, 0.3) is 11.5 Å². The molecule has 1 N–H and O–H groups in total. The van der Waals surface area contributed by atoms with Crippen LogP contribution in [0.25, 0.3) is 21.5 Å². The second-order valence-corrected chi connectivity index (χ2v) is 15.2. The van der Waals surface area contributed by atoms with Crippen LogP contribution in [0.5, 0.6) is 0 Å². The molecular weight excluding hydrogens is 650 g/mol. The number of hydrogen-bond acceptors (Lipinski definition) is 7. The van der Waals surface area contributed by atoms with E-state index in [-0.39, 0.29) is 40.6 Å². The SMILES string of the molecule is O=C(c1sc(-c2ccsc2)cc1F)N1CC[C@@H](C(=O)N2CCC(O)(Cn3cnc4c(ccn4C4CC4)c3=O)CC2)[C@H](c2ccccc2)C1. The fraction of sp³-hybridized carbons (Fsp3) is 0.389. The summed E-state index contributed by atoms with van der Waals surface area (Å²) in [6.07, 6.45) is 6.78. The van der Waals surface area contributed by atoms with E-state index >= 15 is 4.39 Å². The van der Waals surface area contributed by atoms with Gasteiger partial charge in [0.05, 0.1) is 17.5 Å². The summed E-state index contributed by atoms with van der Waals surface area (Å²) >= 11 is 2.69. The third-order valence-corrected chi connectivity index (χ3v) is 12.1. The first-order valence-corrected chi connectivity index (χ1v) is 18.3. The smallest absolute Gasteiger partial charge is 0.266 e. The van der Waals surface area contributed by atoms with Crippen LogP contribution >= 0.6 is 22.7 Å². The highest BCUT2D eigenvalue weighted by Gasteiger charge is 2.42. The number of aromatic nitrogens is 3. The topological polar surface area (TPSA) is 101 Å². The van der Waals surface area contributed by atoms with Crippen LogP contribution in [0, 0.1) is 11.7 Å². The Labute approximate surface area is 284 Å². The monoisotopic (exact) mass is 685 g/mol. The zero-order chi connectivity index (χ0) is 33.0. The van der Waals surface area contributed by atoms with E-state index < -0.39 is 11.4 Å². The molecule has 12 heteroatoms. The van der Waals surface area contributed by atoms with Crippen LogP contribution in [0.3, 0.4) is 0 Å². The Morgan fingerprint density at radius 2 is 1.81 bits per heavy atom. The highest BCUT2D eigenvalue weighted by Crippen LogP contribution is 2.39. The largest absolute Gasteiger partial charge is 0.388 e. The summed E-state index contributed by atoms with van der Waals surface area (Å²) in [6.45, 7) is 1.51. The first-order chi connectivity index (χ1) is 23.3. The van der Waals surface area contributed by atoms with Gasteiger partial charge in [0.15, 0.2) is 0 Å². The molecule has 2 atom stereocenters. The minimum atomic E-state index is -1.14. The number of halogens is 1. The number of thiophene rings is 2. The van der Waals surface area contributed by atoms with Crippen molar-refractivity contribution >= 4 is 45.5 Å². The number of piperidine rings is 2. The van der Waals surface area contributed by atoms with Crippen molar-refractivity contribution in [1.82, 2.24) is 23.9 Å². The molecule has 1 aromatic carbocycles. The van der Waals surface area contributed by atoms with Crippen LogP contribution in [-0.2, 0) is 11.3 Å². The number of carbonyl (C=O) groups excluding carboxylic acids is 2. The van der Waals surface area contributed by atoms with Crippen LogP contribution in [-0.4, -0.2) is 72.6 Å². The molecule has 0 radical (unpaired) electrons. The van der Waals surface area contributed by atoms with Gasteiger partial charge in [0.1, 0.15) is 22.7 Å². The summed E-state index contributed by atoms with van der Waals surface area (Å²) in [5.74, 6) is -1.48. The van der Waals surface area contributed by atoms with Crippen molar-refractivity contribution < 1.29 is 19.1 Å². The lowest BCUT2D eigenvalue weighted by molar-refractivity contribution is -0.142. The minimum Gasteiger partial charge on any atom is -0.388 e. The molecule has 0 bridgehead atoms. The molecule has 2 aliphatic heterocycles. The standard InChI is InChI=1S/C36H36FN5O4S2/c37-29-18-30(24-10-17-47-20-24)48-31(29)35(45)40-13-8-26(28(19-40)23-4-2-1-3-5-23)33(43)39-15-11-36(46,12-16-39)21-41-22-38-32-27(34(41)44)9-14-42(32)25-6-7-25/h1-5,9-10,14,17-18,20,22,25-26,28,46H,6-8,11-13,15-16,19,21H2/t26-,28+/m1/s1. The number of nitrogens with zero attached hydrogens (tertiary/aromatic N) is 5. The van der Waals surface area contributed by atoms with Crippen LogP contribution in [0.4, 0.5) is 4.39 Å². The van der Waals surface area contributed by atoms with E-state index in [2.05, 4.69) is 9.55 Å². The Hall–Kier alpha value is -4.13. The highest BCUT2D eigenvalue weighted by molar-refractivity contribution is 7.17. The van der Waals surface area contributed by atoms with Crippen LogP contribution < -0.4 is 5.56 Å². The number of fused-ring (bicyclic) bond motifs is 1. The Morgan fingerprint density at radius 1 is 1.02 bits per heavy atom. The van der Waals surface area contributed by atoms with Crippen molar-refractivity contribution in [3.05, 3.63) is 98.4 Å². The lowest BCUT2D eigenvalue weighted by atomic mass is 9.79. The number of benzene rings is 1. The van der Waals surface area contributed by atoms with Crippen molar-refractivity contribution in [2.24, 2.45) is 5.92 Å². The Bertz CT molecular complexity index is 2030. The van der Waals surface area contributed by atoms with Crippen LogP contribution in [0.15, 0.2) is 76.6 Å². The molecule has 3 fully saturated rings. The minimum absolute atomic E-state index is 0.00159. The van der Waals surface area contributed by atoms with E-state index in [0.717, 1.165) is 28.8 Å². The molecule has 1 aliphatic carbocycles. The molecule has 6 heterocycles. The first-order valence-electron chi connectivity index (χ1n) is 16.5. The molecule has 8 rings (SSSR count). The van der Waals surface area contributed by atoms with Gasteiger partial charge >= 0.3 is 0 Å². The van der Waals surface area contributed by atoms with E-state index in [1.165, 1.54) is 39.6 Å². The summed E-state index contributed by atoms with van der Waals surface area (Å²) < 4.78 is 18.6. The Morgan fingerprint density at radius 3 is 2.54 bits per heavy atom. The fourth-order valence-electron chi connectivity index (χ4n) is 7.36. The molecular formula is C36H36FN5O4S2. The van der Waals surface area contributed by atoms with Crippen molar-refractivity contribution in [2.75, 3.05) is 26.2 Å². The maximum atomic E-state index is 15.1. The number of hydrogen-bond donors (Lipinski definition) is 1. The third-order valence-electron chi connectivity index (χ3n) is 10.2. The lowest BCUT2D eigenvalue weighted by Gasteiger charge is -2.43. The number of amides is 2. The molecule has 0 spiro atoms. The molecule has 3 aliphatic rings.